The van der Waals surface area contributed by atoms with E-state index in [1.807, 2.05) is 0 Å². The lowest BCUT2D eigenvalue weighted by Crippen LogP contribution is -2.14. The van der Waals surface area contributed by atoms with Crippen LogP contribution >= 0.6 is 12.6 Å². The minimum atomic E-state index is -4.48. The molecule has 0 amide bonds. The van der Waals surface area contributed by atoms with E-state index in [4.69, 9.17) is 0 Å². The normalized spacial score (nSPS) is 14.6. The quantitative estimate of drug-likeness (QED) is 0.714. The molecule has 0 saturated heterocycles. The van der Waals surface area contributed by atoms with Gasteiger partial charge in [0, 0.05) is 7.05 Å². The maximum absolute atomic E-state index is 12.2. The monoisotopic (exact) mass is 210 g/mol. The van der Waals surface area contributed by atoms with Crippen molar-refractivity contribution in [3.8, 4) is 0 Å². The second-order valence-corrected chi connectivity index (χ2v) is 3.08. The second-order valence-electron chi connectivity index (χ2n) is 2.45. The third kappa shape index (κ3) is 1.96. The first-order valence-corrected chi connectivity index (χ1v) is 3.83. The number of rotatable bonds is 1. The lowest BCUT2D eigenvalue weighted by atomic mass is 10.4. The maximum Gasteiger partial charge on any atom is 0.451 e. The minimum absolute atomic E-state index is 0.0932. The van der Waals surface area contributed by atoms with Crippen LogP contribution in [0.15, 0.2) is 0 Å². The summed E-state index contributed by atoms with van der Waals surface area (Å²) in [6.07, 6.45) is -4.48. The summed E-state index contributed by atoms with van der Waals surface area (Å²) < 4.78 is 37.3. The number of hydrogen-bond donors (Lipinski definition) is 1. The fourth-order valence-corrected chi connectivity index (χ4v) is 1.10. The van der Waals surface area contributed by atoms with Crippen LogP contribution in [0.2, 0.25) is 0 Å². The van der Waals surface area contributed by atoms with Crippen molar-refractivity contribution in [1.29, 1.82) is 0 Å². The predicted octanol–water partition coefficient (Wildman–Crippen LogP) is 1.64. The molecule has 13 heavy (non-hydrogen) atoms. The molecule has 0 aliphatic heterocycles. The molecule has 3 nitrogen and oxygen atoms in total. The third-order valence-electron chi connectivity index (χ3n) is 1.46. The Morgan fingerprint density at radius 1 is 1.46 bits per heavy atom. The van der Waals surface area contributed by atoms with Crippen LogP contribution in [0.3, 0.4) is 0 Å². The van der Waals surface area contributed by atoms with Crippen molar-refractivity contribution >= 4 is 12.6 Å². The molecule has 0 spiro atoms. The van der Waals surface area contributed by atoms with E-state index in [2.05, 4.69) is 29.7 Å². The highest BCUT2D eigenvalue weighted by Gasteiger charge is 2.37. The predicted molar refractivity (Wildman–Crippen MR) is 43.1 cm³/mol. The molecule has 1 rings (SSSR count). The molecule has 1 aromatic rings. The number of hydrogen-bond acceptors (Lipinski definition) is 3. The van der Waals surface area contributed by atoms with Crippen molar-refractivity contribution in [2.75, 3.05) is 0 Å². The highest BCUT2D eigenvalue weighted by atomic mass is 32.1. The van der Waals surface area contributed by atoms with Gasteiger partial charge in [0.05, 0.1) is 5.25 Å². The molecule has 1 aromatic heterocycles. The van der Waals surface area contributed by atoms with Crippen molar-refractivity contribution < 1.29 is 13.2 Å². The molecule has 7 heteroatoms. The average molecular weight is 210 g/mol. The molecule has 1 radical (unpaired) electrons. The molecule has 1 heterocycles. The highest BCUT2D eigenvalue weighted by molar-refractivity contribution is 7.80. The first-order chi connectivity index (χ1) is 5.84. The summed E-state index contributed by atoms with van der Waals surface area (Å²) in [5.74, 6) is -0.944. The van der Waals surface area contributed by atoms with Crippen LogP contribution in [0.4, 0.5) is 13.2 Å². The molecular formula is C6H7F3N3S. The van der Waals surface area contributed by atoms with Crippen LogP contribution in [0, 0.1) is 6.92 Å². The van der Waals surface area contributed by atoms with Crippen molar-refractivity contribution in [3.05, 3.63) is 18.6 Å². The summed E-state index contributed by atoms with van der Waals surface area (Å²) in [6.45, 7) is 3.44. The fourth-order valence-electron chi connectivity index (χ4n) is 0.878. The zero-order valence-electron chi connectivity index (χ0n) is 6.71. The van der Waals surface area contributed by atoms with E-state index in [-0.39, 0.29) is 5.82 Å². The molecule has 0 aliphatic carbocycles. The molecule has 0 saturated carbocycles. The van der Waals surface area contributed by atoms with Gasteiger partial charge in [-0.15, -0.1) is 10.2 Å². The van der Waals surface area contributed by atoms with Crippen molar-refractivity contribution in [2.24, 2.45) is 7.05 Å². The Labute approximate surface area is 78.4 Å². The van der Waals surface area contributed by atoms with Gasteiger partial charge < -0.3 is 4.57 Å². The Bertz CT molecular complexity index is 305. The number of thiol groups is 1. The van der Waals surface area contributed by atoms with Gasteiger partial charge in [-0.2, -0.15) is 25.8 Å². The van der Waals surface area contributed by atoms with Crippen LogP contribution in [0.5, 0.6) is 0 Å². The lowest BCUT2D eigenvalue weighted by Gasteiger charge is -2.07. The first kappa shape index (κ1) is 10.4. The smallest absolute Gasteiger partial charge is 0.310 e. The van der Waals surface area contributed by atoms with E-state index in [0.29, 0.717) is 0 Å². The van der Waals surface area contributed by atoms with Gasteiger partial charge in [-0.05, 0) is 6.92 Å². The highest BCUT2D eigenvalue weighted by Crippen LogP contribution is 2.29. The molecule has 1 atom stereocenters. The molecular weight excluding hydrogens is 203 g/mol. The van der Waals surface area contributed by atoms with Gasteiger partial charge in [-0.25, -0.2) is 0 Å². The molecule has 0 aromatic carbocycles. The standard InChI is InChI=1S/C6H7F3N3S/c1-3(13)4-10-11-5(12(4)2)6(7,8)9/h3,13H,1H2,2H3. The molecule has 0 fully saturated rings. The molecule has 0 bridgehead atoms. The van der Waals surface area contributed by atoms with E-state index in [0.717, 1.165) is 4.57 Å². The van der Waals surface area contributed by atoms with Gasteiger partial charge in [0.15, 0.2) is 0 Å². The van der Waals surface area contributed by atoms with E-state index < -0.39 is 17.3 Å². The minimum Gasteiger partial charge on any atom is -0.310 e. The van der Waals surface area contributed by atoms with E-state index in [1.54, 1.807) is 0 Å². The summed E-state index contributed by atoms with van der Waals surface area (Å²) in [7, 11) is 1.23. The average Bonchev–Trinajstić information content (AvgIpc) is 2.28. The first-order valence-electron chi connectivity index (χ1n) is 3.31. The largest absolute Gasteiger partial charge is 0.451 e. The van der Waals surface area contributed by atoms with E-state index in [9.17, 15) is 13.2 Å². The van der Waals surface area contributed by atoms with Crippen molar-refractivity contribution in [1.82, 2.24) is 14.8 Å². The van der Waals surface area contributed by atoms with E-state index in [1.165, 1.54) is 7.05 Å². The Hall–Kier alpha value is -0.720. The Balaban J connectivity index is 3.14. The third-order valence-corrected chi connectivity index (χ3v) is 1.69. The molecule has 0 N–H and O–H groups in total. The zero-order chi connectivity index (χ0) is 10.2. The molecule has 73 valence electrons. The summed E-state index contributed by atoms with van der Waals surface area (Å²) in [6, 6.07) is 0. The molecule has 0 aliphatic rings. The van der Waals surface area contributed by atoms with Gasteiger partial charge in [-0.1, -0.05) is 0 Å². The maximum atomic E-state index is 12.2. The van der Waals surface area contributed by atoms with E-state index >= 15 is 0 Å². The summed E-state index contributed by atoms with van der Waals surface area (Å²) in [5, 5.41) is 5.73. The van der Waals surface area contributed by atoms with Crippen molar-refractivity contribution in [3.63, 3.8) is 0 Å². The van der Waals surface area contributed by atoms with Crippen LogP contribution < -0.4 is 0 Å². The van der Waals surface area contributed by atoms with Gasteiger partial charge >= 0.3 is 6.18 Å². The Kier molecular flexibility index (Phi) is 2.56. The topological polar surface area (TPSA) is 30.7 Å². The summed E-state index contributed by atoms with van der Waals surface area (Å²) in [5.41, 5.74) is 0. The Morgan fingerprint density at radius 2 is 2.00 bits per heavy atom. The number of alkyl halides is 3. The van der Waals surface area contributed by atoms with Gasteiger partial charge in [0.2, 0.25) is 5.82 Å². The fraction of sp³-hybridized carbons (Fsp3) is 0.500. The number of halogens is 3. The van der Waals surface area contributed by atoms with Gasteiger partial charge in [0.25, 0.3) is 0 Å². The van der Waals surface area contributed by atoms with Crippen LogP contribution in [0.25, 0.3) is 0 Å². The number of aromatic nitrogens is 3. The van der Waals surface area contributed by atoms with Crippen molar-refractivity contribution in [2.45, 2.75) is 11.4 Å². The summed E-state index contributed by atoms with van der Waals surface area (Å²) in [4.78, 5) is 0. The SMILES string of the molecule is [CH2]C(S)c1nnc(C(F)(F)F)n1C. The summed E-state index contributed by atoms with van der Waals surface area (Å²) >= 11 is 3.86. The lowest BCUT2D eigenvalue weighted by molar-refractivity contribution is -0.147. The zero-order valence-corrected chi connectivity index (χ0v) is 7.60. The van der Waals surface area contributed by atoms with Crippen LogP contribution in [-0.2, 0) is 13.2 Å². The van der Waals surface area contributed by atoms with Crippen LogP contribution in [-0.4, -0.2) is 14.8 Å². The number of nitrogens with zero attached hydrogens (tertiary/aromatic N) is 3. The second kappa shape index (κ2) is 3.21. The molecule has 1 unspecified atom stereocenters. The van der Waals surface area contributed by atoms with Gasteiger partial charge in [0.1, 0.15) is 5.82 Å². The van der Waals surface area contributed by atoms with Gasteiger partial charge in [-0.3, -0.25) is 0 Å². The van der Waals surface area contributed by atoms with Crippen LogP contribution in [0.1, 0.15) is 16.9 Å². The Morgan fingerprint density at radius 3 is 2.23 bits per heavy atom.